The molecular formula is C18H20O4. The molecule has 2 aromatic rings. The molecule has 1 N–H and O–H groups in total. The quantitative estimate of drug-likeness (QED) is 0.796. The van der Waals surface area contributed by atoms with Crippen molar-refractivity contribution in [3.8, 4) is 11.5 Å². The molecule has 2 rings (SSSR count). The molecular weight excluding hydrogens is 280 g/mol. The van der Waals surface area contributed by atoms with E-state index in [1.165, 1.54) is 0 Å². The second kappa shape index (κ2) is 7.61. The fourth-order valence-corrected chi connectivity index (χ4v) is 2.16. The summed E-state index contributed by atoms with van der Waals surface area (Å²) in [5, 5.41) is 10.3. The van der Waals surface area contributed by atoms with Crippen LogP contribution in [0.4, 0.5) is 0 Å². The van der Waals surface area contributed by atoms with Gasteiger partial charge in [0.15, 0.2) is 5.78 Å². The lowest BCUT2D eigenvalue weighted by Gasteiger charge is -2.13. The highest BCUT2D eigenvalue weighted by molar-refractivity contribution is 6.00. The van der Waals surface area contributed by atoms with Gasteiger partial charge in [-0.2, -0.15) is 0 Å². The van der Waals surface area contributed by atoms with E-state index in [-0.39, 0.29) is 5.78 Å². The van der Waals surface area contributed by atoms with E-state index in [2.05, 4.69) is 0 Å². The third-order valence-corrected chi connectivity index (χ3v) is 3.15. The molecule has 0 saturated heterocycles. The molecule has 0 aromatic heterocycles. The number of carbonyl (C=O) groups excluding carboxylic acids is 1. The number of aliphatic hydroxyl groups is 1. The Morgan fingerprint density at radius 3 is 2.05 bits per heavy atom. The maximum Gasteiger partial charge on any atom is 0.196 e. The van der Waals surface area contributed by atoms with Crippen LogP contribution in [-0.2, 0) is 0 Å². The van der Waals surface area contributed by atoms with Crippen LogP contribution in [0.5, 0.6) is 11.5 Å². The number of hydrogen-bond acceptors (Lipinski definition) is 4. The van der Waals surface area contributed by atoms with Crippen LogP contribution in [0.15, 0.2) is 48.5 Å². The van der Waals surface area contributed by atoms with E-state index in [0.29, 0.717) is 35.8 Å². The molecule has 0 saturated carbocycles. The minimum absolute atomic E-state index is 0.366. The molecule has 0 aliphatic carbocycles. The van der Waals surface area contributed by atoms with Gasteiger partial charge < -0.3 is 14.6 Å². The number of benzene rings is 2. The van der Waals surface area contributed by atoms with Gasteiger partial charge in [-0.1, -0.05) is 30.3 Å². The number of ether oxygens (including phenoxy) is 2. The van der Waals surface area contributed by atoms with Crippen LogP contribution in [0.3, 0.4) is 0 Å². The Kier molecular flexibility index (Phi) is 5.55. The second-order valence-corrected chi connectivity index (χ2v) is 4.74. The zero-order valence-electron chi connectivity index (χ0n) is 12.8. The number of aliphatic hydroxyl groups excluding tert-OH is 1. The summed E-state index contributed by atoms with van der Waals surface area (Å²) in [6.07, 6.45) is -1.20. The molecule has 4 heteroatoms. The van der Waals surface area contributed by atoms with Gasteiger partial charge in [0.2, 0.25) is 0 Å². The average molecular weight is 300 g/mol. The molecule has 0 bridgehead atoms. The average Bonchev–Trinajstić information content (AvgIpc) is 2.55. The first-order valence-electron chi connectivity index (χ1n) is 7.33. The fourth-order valence-electron chi connectivity index (χ4n) is 2.16. The smallest absolute Gasteiger partial charge is 0.196 e. The molecule has 2 aromatic carbocycles. The molecule has 116 valence electrons. The Hall–Kier alpha value is -2.33. The summed E-state index contributed by atoms with van der Waals surface area (Å²) < 4.78 is 10.9. The van der Waals surface area contributed by atoms with Gasteiger partial charge in [-0.25, -0.2) is 0 Å². The zero-order chi connectivity index (χ0) is 15.9. The monoisotopic (exact) mass is 300 g/mol. The third kappa shape index (κ3) is 3.86. The molecule has 0 spiro atoms. The van der Waals surface area contributed by atoms with Crippen molar-refractivity contribution in [3.05, 3.63) is 59.7 Å². The van der Waals surface area contributed by atoms with Crippen LogP contribution in [0.25, 0.3) is 0 Å². The number of hydrogen-bond donors (Lipinski definition) is 1. The maximum absolute atomic E-state index is 12.5. The van der Waals surface area contributed by atoms with Crippen molar-refractivity contribution in [1.29, 1.82) is 0 Å². The summed E-state index contributed by atoms with van der Waals surface area (Å²) in [6.45, 7) is 4.72. The van der Waals surface area contributed by atoms with E-state index in [0.717, 1.165) is 0 Å². The predicted octanol–water partition coefficient (Wildman–Crippen LogP) is 3.40. The van der Waals surface area contributed by atoms with Crippen LogP contribution >= 0.6 is 0 Å². The maximum atomic E-state index is 12.5. The summed E-state index contributed by atoms with van der Waals surface area (Å²) in [5.74, 6) is 0.725. The number of Topliss-reactive ketones (excluding diaryl/α,β-unsaturated/α-hetero) is 1. The van der Waals surface area contributed by atoms with E-state index in [4.69, 9.17) is 9.47 Å². The molecule has 1 unspecified atom stereocenters. The van der Waals surface area contributed by atoms with Gasteiger partial charge in [-0.3, -0.25) is 4.79 Å². The van der Waals surface area contributed by atoms with Gasteiger partial charge in [0.1, 0.15) is 17.6 Å². The van der Waals surface area contributed by atoms with Gasteiger partial charge in [0.05, 0.1) is 13.2 Å². The summed E-state index contributed by atoms with van der Waals surface area (Å²) in [6, 6.07) is 13.8. The van der Waals surface area contributed by atoms with Crippen molar-refractivity contribution in [2.24, 2.45) is 0 Å². The van der Waals surface area contributed by atoms with Crippen molar-refractivity contribution >= 4 is 5.78 Å². The van der Waals surface area contributed by atoms with E-state index in [9.17, 15) is 9.90 Å². The third-order valence-electron chi connectivity index (χ3n) is 3.15. The topological polar surface area (TPSA) is 55.8 Å². The highest BCUT2D eigenvalue weighted by atomic mass is 16.5. The Labute approximate surface area is 130 Å². The highest BCUT2D eigenvalue weighted by Gasteiger charge is 2.20. The Bertz CT molecular complexity index is 598. The van der Waals surface area contributed by atoms with Gasteiger partial charge in [-0.15, -0.1) is 0 Å². The SMILES string of the molecule is CCOc1cc(OCC)cc(C(=O)C(O)c2ccccc2)c1. The molecule has 0 radical (unpaired) electrons. The second-order valence-electron chi connectivity index (χ2n) is 4.74. The molecule has 0 aliphatic heterocycles. The lowest BCUT2D eigenvalue weighted by molar-refractivity contribution is 0.0746. The lowest BCUT2D eigenvalue weighted by atomic mass is 9.99. The summed E-state index contributed by atoms with van der Waals surface area (Å²) in [4.78, 5) is 12.5. The van der Waals surface area contributed by atoms with Crippen molar-refractivity contribution in [3.63, 3.8) is 0 Å². The predicted molar refractivity (Wildman–Crippen MR) is 84.5 cm³/mol. The minimum Gasteiger partial charge on any atom is -0.494 e. The van der Waals surface area contributed by atoms with Gasteiger partial charge in [-0.05, 0) is 31.5 Å². The van der Waals surface area contributed by atoms with Crippen LogP contribution < -0.4 is 9.47 Å². The first-order valence-corrected chi connectivity index (χ1v) is 7.33. The fraction of sp³-hybridized carbons (Fsp3) is 0.278. The van der Waals surface area contributed by atoms with E-state index < -0.39 is 6.10 Å². The standard InChI is InChI=1S/C18H20O4/c1-3-21-15-10-14(11-16(12-15)22-4-2)18(20)17(19)13-8-6-5-7-9-13/h5-12,17,19H,3-4H2,1-2H3. The Morgan fingerprint density at radius 2 is 1.55 bits per heavy atom. The van der Waals surface area contributed by atoms with Gasteiger partial charge in [0.25, 0.3) is 0 Å². The normalized spacial score (nSPS) is 11.8. The highest BCUT2D eigenvalue weighted by Crippen LogP contribution is 2.27. The van der Waals surface area contributed by atoms with E-state index >= 15 is 0 Å². The van der Waals surface area contributed by atoms with E-state index in [1.807, 2.05) is 19.9 Å². The first kappa shape index (κ1) is 16.0. The van der Waals surface area contributed by atoms with Crippen LogP contribution in [0.2, 0.25) is 0 Å². The van der Waals surface area contributed by atoms with E-state index in [1.54, 1.807) is 42.5 Å². The van der Waals surface area contributed by atoms with Crippen molar-refractivity contribution in [2.75, 3.05) is 13.2 Å². The molecule has 22 heavy (non-hydrogen) atoms. The van der Waals surface area contributed by atoms with Crippen LogP contribution in [0.1, 0.15) is 35.9 Å². The summed E-state index contributed by atoms with van der Waals surface area (Å²) >= 11 is 0. The Balaban J connectivity index is 2.31. The molecule has 0 aliphatic rings. The molecule has 0 fully saturated rings. The summed E-state index contributed by atoms with van der Waals surface area (Å²) in [5.41, 5.74) is 0.929. The minimum atomic E-state index is -1.20. The van der Waals surface area contributed by atoms with Gasteiger partial charge in [0, 0.05) is 11.6 Å². The number of ketones is 1. The first-order chi connectivity index (χ1) is 10.7. The van der Waals surface area contributed by atoms with Crippen LogP contribution in [-0.4, -0.2) is 24.1 Å². The molecule has 0 heterocycles. The molecule has 4 nitrogen and oxygen atoms in total. The molecule has 0 amide bonds. The summed E-state index contributed by atoms with van der Waals surface area (Å²) in [7, 11) is 0. The zero-order valence-corrected chi connectivity index (χ0v) is 12.8. The number of carbonyl (C=O) groups is 1. The Morgan fingerprint density at radius 1 is 1.00 bits per heavy atom. The van der Waals surface area contributed by atoms with Crippen LogP contribution in [0, 0.1) is 0 Å². The van der Waals surface area contributed by atoms with Crippen molar-refractivity contribution in [1.82, 2.24) is 0 Å². The van der Waals surface area contributed by atoms with Gasteiger partial charge >= 0.3 is 0 Å². The number of rotatable bonds is 7. The molecule has 1 atom stereocenters. The van der Waals surface area contributed by atoms with Crippen molar-refractivity contribution < 1.29 is 19.4 Å². The largest absolute Gasteiger partial charge is 0.494 e. The lowest BCUT2D eigenvalue weighted by Crippen LogP contribution is -2.12. The van der Waals surface area contributed by atoms with Crippen molar-refractivity contribution in [2.45, 2.75) is 20.0 Å².